The SMILES string of the molecule is C=CC(C)(CO)Cc1c(C)cc(C)cc1C. The van der Waals surface area contributed by atoms with E-state index in [9.17, 15) is 5.11 Å². The zero-order chi connectivity index (χ0) is 12.3. The smallest absolute Gasteiger partial charge is 0.0522 e. The summed E-state index contributed by atoms with van der Waals surface area (Å²) in [6.45, 7) is 12.4. The van der Waals surface area contributed by atoms with E-state index in [2.05, 4.69) is 39.5 Å². The van der Waals surface area contributed by atoms with Gasteiger partial charge in [-0.2, -0.15) is 0 Å². The van der Waals surface area contributed by atoms with Crippen molar-refractivity contribution in [1.82, 2.24) is 0 Å². The van der Waals surface area contributed by atoms with Gasteiger partial charge in [0, 0.05) is 5.41 Å². The van der Waals surface area contributed by atoms with Gasteiger partial charge in [0.15, 0.2) is 0 Å². The number of hydrogen-bond donors (Lipinski definition) is 1. The van der Waals surface area contributed by atoms with Gasteiger partial charge in [-0.3, -0.25) is 0 Å². The molecule has 16 heavy (non-hydrogen) atoms. The highest BCUT2D eigenvalue weighted by atomic mass is 16.3. The average molecular weight is 218 g/mol. The lowest BCUT2D eigenvalue weighted by Crippen LogP contribution is -2.22. The highest BCUT2D eigenvalue weighted by molar-refractivity contribution is 5.38. The molecule has 1 aromatic rings. The molecule has 0 aliphatic carbocycles. The molecule has 0 aromatic heterocycles. The summed E-state index contributed by atoms with van der Waals surface area (Å²) in [5, 5.41) is 9.41. The first-order chi connectivity index (χ1) is 7.41. The van der Waals surface area contributed by atoms with Gasteiger partial charge in [-0.15, -0.1) is 6.58 Å². The van der Waals surface area contributed by atoms with Gasteiger partial charge in [0.25, 0.3) is 0 Å². The Balaban J connectivity index is 3.10. The summed E-state index contributed by atoms with van der Waals surface area (Å²) in [6.07, 6.45) is 2.71. The lowest BCUT2D eigenvalue weighted by Gasteiger charge is -2.25. The standard InChI is InChI=1S/C15H22O/c1-6-15(5,10-16)9-14-12(3)7-11(2)8-13(14)4/h6-8,16H,1,9-10H2,2-5H3. The number of aryl methyl sites for hydroxylation is 3. The molecular formula is C15H22O. The van der Waals surface area contributed by atoms with Gasteiger partial charge in [0.05, 0.1) is 6.61 Å². The van der Waals surface area contributed by atoms with Gasteiger partial charge in [-0.1, -0.05) is 30.7 Å². The molecule has 0 bridgehead atoms. The maximum Gasteiger partial charge on any atom is 0.0522 e. The third-order valence-electron chi connectivity index (χ3n) is 3.27. The average Bonchev–Trinajstić information content (AvgIpc) is 2.23. The molecule has 1 rings (SSSR count). The van der Waals surface area contributed by atoms with Crippen LogP contribution in [0.5, 0.6) is 0 Å². The number of aliphatic hydroxyl groups excluding tert-OH is 1. The number of rotatable bonds is 4. The molecule has 0 aliphatic heterocycles. The Bertz CT molecular complexity index is 369. The van der Waals surface area contributed by atoms with E-state index in [0.29, 0.717) is 0 Å². The first kappa shape index (κ1) is 13.0. The second-order valence-corrected chi connectivity index (χ2v) is 5.07. The van der Waals surface area contributed by atoms with E-state index < -0.39 is 0 Å². The van der Waals surface area contributed by atoms with Crippen LogP contribution in [-0.2, 0) is 6.42 Å². The van der Waals surface area contributed by atoms with E-state index in [1.165, 1.54) is 22.3 Å². The maximum atomic E-state index is 9.41. The maximum absolute atomic E-state index is 9.41. The van der Waals surface area contributed by atoms with E-state index in [-0.39, 0.29) is 12.0 Å². The predicted octanol–water partition coefficient (Wildman–Crippen LogP) is 3.34. The van der Waals surface area contributed by atoms with Crippen LogP contribution in [0.1, 0.15) is 29.2 Å². The summed E-state index contributed by atoms with van der Waals surface area (Å²) >= 11 is 0. The molecule has 0 heterocycles. The molecule has 88 valence electrons. The Kier molecular flexibility index (Phi) is 3.93. The largest absolute Gasteiger partial charge is 0.395 e. The molecule has 0 saturated heterocycles. The Morgan fingerprint density at radius 1 is 1.25 bits per heavy atom. The van der Waals surface area contributed by atoms with E-state index in [1.54, 1.807) is 0 Å². The third-order valence-corrected chi connectivity index (χ3v) is 3.27. The van der Waals surface area contributed by atoms with Gasteiger partial charge >= 0.3 is 0 Å². The molecular weight excluding hydrogens is 196 g/mol. The molecule has 1 N–H and O–H groups in total. The van der Waals surface area contributed by atoms with Crippen molar-refractivity contribution in [2.75, 3.05) is 6.61 Å². The minimum Gasteiger partial charge on any atom is -0.395 e. The van der Waals surface area contributed by atoms with E-state index in [0.717, 1.165) is 6.42 Å². The van der Waals surface area contributed by atoms with Crippen molar-refractivity contribution in [3.05, 3.63) is 47.0 Å². The predicted molar refractivity (Wildman–Crippen MR) is 69.7 cm³/mol. The summed E-state index contributed by atoms with van der Waals surface area (Å²) in [5.41, 5.74) is 5.02. The molecule has 0 saturated carbocycles. The summed E-state index contributed by atoms with van der Waals surface area (Å²) < 4.78 is 0. The molecule has 1 aromatic carbocycles. The van der Waals surface area contributed by atoms with Gasteiger partial charge in [-0.05, 0) is 43.9 Å². The molecule has 0 aliphatic rings. The zero-order valence-electron chi connectivity index (χ0n) is 10.8. The quantitative estimate of drug-likeness (QED) is 0.768. The van der Waals surface area contributed by atoms with Crippen LogP contribution in [0.15, 0.2) is 24.8 Å². The Hall–Kier alpha value is -1.08. The van der Waals surface area contributed by atoms with Crippen LogP contribution in [-0.4, -0.2) is 11.7 Å². The third kappa shape index (κ3) is 2.73. The van der Waals surface area contributed by atoms with E-state index in [1.807, 2.05) is 13.0 Å². The van der Waals surface area contributed by atoms with Gasteiger partial charge in [-0.25, -0.2) is 0 Å². The topological polar surface area (TPSA) is 20.2 Å². The molecule has 1 heteroatoms. The molecule has 0 spiro atoms. The van der Waals surface area contributed by atoms with Crippen molar-refractivity contribution in [3.63, 3.8) is 0 Å². The van der Waals surface area contributed by atoms with E-state index in [4.69, 9.17) is 0 Å². The minimum absolute atomic E-state index is 0.142. The van der Waals surface area contributed by atoms with Crippen molar-refractivity contribution >= 4 is 0 Å². The summed E-state index contributed by atoms with van der Waals surface area (Å²) in [4.78, 5) is 0. The van der Waals surface area contributed by atoms with Crippen molar-refractivity contribution < 1.29 is 5.11 Å². The second-order valence-electron chi connectivity index (χ2n) is 5.07. The monoisotopic (exact) mass is 218 g/mol. The highest BCUT2D eigenvalue weighted by Gasteiger charge is 2.21. The van der Waals surface area contributed by atoms with Crippen molar-refractivity contribution in [3.8, 4) is 0 Å². The lowest BCUT2D eigenvalue weighted by molar-refractivity contribution is 0.184. The second kappa shape index (κ2) is 4.84. The number of aliphatic hydroxyl groups is 1. The van der Waals surface area contributed by atoms with Crippen molar-refractivity contribution in [1.29, 1.82) is 0 Å². The Morgan fingerprint density at radius 2 is 1.75 bits per heavy atom. The molecule has 0 fully saturated rings. The summed E-state index contributed by atoms with van der Waals surface area (Å²) in [6, 6.07) is 4.40. The summed E-state index contributed by atoms with van der Waals surface area (Å²) in [7, 11) is 0. The zero-order valence-corrected chi connectivity index (χ0v) is 10.8. The van der Waals surface area contributed by atoms with Crippen LogP contribution in [0.4, 0.5) is 0 Å². The Labute approximate surface area is 98.8 Å². The van der Waals surface area contributed by atoms with Crippen LogP contribution in [0, 0.1) is 26.2 Å². The van der Waals surface area contributed by atoms with Crippen molar-refractivity contribution in [2.45, 2.75) is 34.1 Å². The first-order valence-electron chi connectivity index (χ1n) is 5.73. The molecule has 1 atom stereocenters. The van der Waals surface area contributed by atoms with Gasteiger partial charge in [0.1, 0.15) is 0 Å². The Morgan fingerprint density at radius 3 is 2.12 bits per heavy atom. The van der Waals surface area contributed by atoms with Gasteiger partial charge < -0.3 is 5.11 Å². The minimum atomic E-state index is -0.217. The molecule has 0 amide bonds. The van der Waals surface area contributed by atoms with Crippen LogP contribution < -0.4 is 0 Å². The summed E-state index contributed by atoms with van der Waals surface area (Å²) in [5.74, 6) is 0. The molecule has 1 unspecified atom stereocenters. The number of benzene rings is 1. The van der Waals surface area contributed by atoms with Crippen LogP contribution >= 0.6 is 0 Å². The highest BCUT2D eigenvalue weighted by Crippen LogP contribution is 2.27. The van der Waals surface area contributed by atoms with Crippen LogP contribution in [0.25, 0.3) is 0 Å². The molecule has 0 radical (unpaired) electrons. The van der Waals surface area contributed by atoms with Crippen molar-refractivity contribution in [2.24, 2.45) is 5.41 Å². The molecule has 1 nitrogen and oxygen atoms in total. The van der Waals surface area contributed by atoms with E-state index >= 15 is 0 Å². The normalized spacial score (nSPS) is 14.6. The first-order valence-corrected chi connectivity index (χ1v) is 5.73. The van der Waals surface area contributed by atoms with Gasteiger partial charge in [0.2, 0.25) is 0 Å². The number of hydrogen-bond acceptors (Lipinski definition) is 1. The fourth-order valence-corrected chi connectivity index (χ4v) is 2.09. The van der Waals surface area contributed by atoms with Crippen LogP contribution in [0.3, 0.4) is 0 Å². The fraction of sp³-hybridized carbons (Fsp3) is 0.467. The lowest BCUT2D eigenvalue weighted by atomic mass is 9.81. The van der Waals surface area contributed by atoms with Crippen LogP contribution in [0.2, 0.25) is 0 Å². The fourth-order valence-electron chi connectivity index (χ4n) is 2.09.